The van der Waals surface area contributed by atoms with E-state index in [0.29, 0.717) is 5.69 Å². The molecule has 0 aromatic carbocycles. The topological polar surface area (TPSA) is 27.1 Å². The third kappa shape index (κ3) is 5.18. The zero-order valence-corrected chi connectivity index (χ0v) is 16.0. The number of ether oxygens (including phenoxy) is 1. The average Bonchev–Trinajstić information content (AvgIpc) is 2.90. The van der Waals surface area contributed by atoms with Crippen LogP contribution in [0.1, 0.15) is 96.4 Å². The van der Waals surface area contributed by atoms with Gasteiger partial charge in [-0.1, -0.05) is 58.8 Å². The van der Waals surface area contributed by atoms with Crippen LogP contribution in [-0.4, -0.2) is 16.9 Å². The maximum atomic E-state index is 13.3. The summed E-state index contributed by atoms with van der Waals surface area (Å²) >= 11 is 0. The van der Waals surface area contributed by atoms with E-state index in [0.717, 1.165) is 32.1 Å². The second-order valence-corrected chi connectivity index (χ2v) is 6.98. The minimum absolute atomic E-state index is 0.229. The minimum Gasteiger partial charge on any atom is -0.493 e. The van der Waals surface area contributed by atoms with E-state index in [4.69, 9.17) is 4.74 Å². The molecule has 1 atom stereocenters. The Labute approximate surface area is 145 Å². The van der Waals surface area contributed by atoms with Gasteiger partial charge in [0.25, 0.3) is 6.43 Å². The van der Waals surface area contributed by atoms with Crippen molar-refractivity contribution in [3.8, 4) is 5.75 Å². The molecule has 0 N–H and O–H groups in total. The van der Waals surface area contributed by atoms with Crippen LogP contribution in [-0.2, 0) is 5.54 Å². The summed E-state index contributed by atoms with van der Waals surface area (Å²) in [4.78, 5) is 0. The molecule has 0 spiro atoms. The SMILES string of the molecule is CCCCCCCC(C)(CCCC)n1nc(C(F)F)c(OC)c1C. The zero-order chi connectivity index (χ0) is 18.2. The van der Waals surface area contributed by atoms with Crippen LogP contribution >= 0.6 is 0 Å². The van der Waals surface area contributed by atoms with Crippen molar-refractivity contribution >= 4 is 0 Å². The normalized spacial score (nSPS) is 14.2. The fourth-order valence-corrected chi connectivity index (χ4v) is 3.43. The molecule has 0 saturated carbocycles. The van der Waals surface area contributed by atoms with E-state index in [9.17, 15) is 8.78 Å². The van der Waals surface area contributed by atoms with Crippen molar-refractivity contribution in [3.63, 3.8) is 0 Å². The Hall–Kier alpha value is -1.13. The van der Waals surface area contributed by atoms with Gasteiger partial charge in [0.05, 0.1) is 18.3 Å². The molecule has 5 heteroatoms. The van der Waals surface area contributed by atoms with Crippen molar-refractivity contribution < 1.29 is 13.5 Å². The first-order valence-corrected chi connectivity index (χ1v) is 9.33. The van der Waals surface area contributed by atoms with Crippen LogP contribution in [0.5, 0.6) is 5.75 Å². The highest BCUT2D eigenvalue weighted by Gasteiger charge is 2.32. The monoisotopic (exact) mass is 344 g/mol. The number of unbranched alkanes of at least 4 members (excludes halogenated alkanes) is 5. The van der Waals surface area contributed by atoms with Crippen molar-refractivity contribution in [1.29, 1.82) is 0 Å². The summed E-state index contributed by atoms with van der Waals surface area (Å²) in [6, 6.07) is 0. The maximum absolute atomic E-state index is 13.3. The summed E-state index contributed by atoms with van der Waals surface area (Å²) in [7, 11) is 1.44. The van der Waals surface area contributed by atoms with Gasteiger partial charge in [-0.3, -0.25) is 4.68 Å². The Morgan fingerprint density at radius 1 is 1.04 bits per heavy atom. The summed E-state index contributed by atoms with van der Waals surface area (Å²) in [6.45, 7) is 8.34. The number of hydrogen-bond acceptors (Lipinski definition) is 2. The fraction of sp³-hybridized carbons (Fsp3) is 0.842. The van der Waals surface area contributed by atoms with Crippen molar-refractivity contribution in [1.82, 2.24) is 9.78 Å². The number of rotatable bonds is 12. The van der Waals surface area contributed by atoms with Gasteiger partial charge in [-0.25, -0.2) is 8.78 Å². The van der Waals surface area contributed by atoms with Crippen LogP contribution in [0.4, 0.5) is 8.78 Å². The maximum Gasteiger partial charge on any atom is 0.285 e. The molecular weight excluding hydrogens is 310 g/mol. The lowest BCUT2D eigenvalue weighted by Crippen LogP contribution is -2.32. The standard InChI is InChI=1S/C19H34F2N2O/c1-6-8-10-11-12-14-19(4,13-9-7-2)23-15(3)17(24-5)16(22-23)18(20)21/h18H,6-14H2,1-5H3. The second-order valence-electron chi connectivity index (χ2n) is 6.98. The number of nitrogens with zero attached hydrogens (tertiary/aromatic N) is 2. The molecule has 1 heterocycles. The summed E-state index contributed by atoms with van der Waals surface area (Å²) in [6.07, 6.45) is 7.47. The smallest absolute Gasteiger partial charge is 0.285 e. The van der Waals surface area contributed by atoms with Gasteiger partial charge in [0.2, 0.25) is 0 Å². The molecule has 1 aromatic rings. The van der Waals surface area contributed by atoms with Gasteiger partial charge in [0, 0.05) is 0 Å². The third-order valence-electron chi connectivity index (χ3n) is 4.90. The predicted molar refractivity (Wildman–Crippen MR) is 95.0 cm³/mol. The van der Waals surface area contributed by atoms with E-state index in [1.807, 2.05) is 11.6 Å². The molecule has 0 fully saturated rings. The van der Waals surface area contributed by atoms with Crippen molar-refractivity contribution in [3.05, 3.63) is 11.4 Å². The highest BCUT2D eigenvalue weighted by atomic mass is 19.3. The van der Waals surface area contributed by atoms with E-state index in [1.165, 1.54) is 32.8 Å². The van der Waals surface area contributed by atoms with Gasteiger partial charge in [-0.15, -0.1) is 0 Å². The van der Waals surface area contributed by atoms with E-state index in [2.05, 4.69) is 25.9 Å². The zero-order valence-electron chi connectivity index (χ0n) is 16.0. The Kier molecular flexibility index (Phi) is 8.71. The second kappa shape index (κ2) is 10.00. The molecule has 0 bridgehead atoms. The number of halogens is 2. The minimum atomic E-state index is -2.61. The van der Waals surface area contributed by atoms with Gasteiger partial charge in [-0.2, -0.15) is 5.10 Å². The third-order valence-corrected chi connectivity index (χ3v) is 4.90. The van der Waals surface area contributed by atoms with Crippen LogP contribution < -0.4 is 4.74 Å². The Morgan fingerprint density at radius 3 is 2.12 bits per heavy atom. The molecule has 24 heavy (non-hydrogen) atoms. The molecule has 0 aliphatic rings. The van der Waals surface area contributed by atoms with Crippen LogP contribution in [0.2, 0.25) is 0 Å². The van der Waals surface area contributed by atoms with E-state index < -0.39 is 6.43 Å². The Bertz CT molecular complexity index is 488. The first-order valence-electron chi connectivity index (χ1n) is 9.33. The fourth-order valence-electron chi connectivity index (χ4n) is 3.43. The van der Waals surface area contributed by atoms with Crippen molar-refractivity contribution in [2.75, 3.05) is 7.11 Å². The lowest BCUT2D eigenvalue weighted by molar-refractivity contribution is 0.138. The van der Waals surface area contributed by atoms with Gasteiger partial charge in [0.1, 0.15) is 0 Å². The van der Waals surface area contributed by atoms with Crippen LogP contribution in [0.3, 0.4) is 0 Å². The van der Waals surface area contributed by atoms with Crippen molar-refractivity contribution in [2.24, 2.45) is 0 Å². The lowest BCUT2D eigenvalue weighted by Gasteiger charge is -2.32. The Morgan fingerprint density at radius 2 is 1.62 bits per heavy atom. The summed E-state index contributed by atoms with van der Waals surface area (Å²) in [5, 5.41) is 4.26. The van der Waals surface area contributed by atoms with E-state index in [1.54, 1.807) is 0 Å². The van der Waals surface area contributed by atoms with Gasteiger partial charge >= 0.3 is 0 Å². The highest BCUT2D eigenvalue weighted by molar-refractivity contribution is 5.34. The quantitative estimate of drug-likeness (QED) is 0.410. The van der Waals surface area contributed by atoms with Crippen LogP contribution in [0.15, 0.2) is 0 Å². The van der Waals surface area contributed by atoms with Crippen LogP contribution in [0.25, 0.3) is 0 Å². The van der Waals surface area contributed by atoms with Crippen LogP contribution in [0, 0.1) is 6.92 Å². The number of alkyl halides is 2. The van der Waals surface area contributed by atoms with E-state index in [-0.39, 0.29) is 17.0 Å². The summed E-state index contributed by atoms with van der Waals surface area (Å²) < 4.78 is 33.6. The molecule has 1 rings (SSSR count). The first-order chi connectivity index (χ1) is 11.4. The Balaban J connectivity index is 3.01. The largest absolute Gasteiger partial charge is 0.493 e. The molecule has 0 aliphatic heterocycles. The van der Waals surface area contributed by atoms with E-state index >= 15 is 0 Å². The predicted octanol–water partition coefficient (Wildman–Crippen LogP) is 6.40. The number of hydrogen-bond donors (Lipinski definition) is 0. The van der Waals surface area contributed by atoms with Gasteiger partial charge < -0.3 is 4.74 Å². The lowest BCUT2D eigenvalue weighted by atomic mass is 9.88. The van der Waals surface area contributed by atoms with Crippen molar-refractivity contribution in [2.45, 2.75) is 97.4 Å². The highest BCUT2D eigenvalue weighted by Crippen LogP contribution is 2.37. The molecule has 0 saturated heterocycles. The summed E-state index contributed by atoms with van der Waals surface area (Å²) in [5.74, 6) is 0.235. The molecular formula is C19H34F2N2O. The molecule has 1 aromatic heterocycles. The molecule has 0 aliphatic carbocycles. The van der Waals surface area contributed by atoms with Gasteiger partial charge in [0.15, 0.2) is 11.4 Å². The molecule has 140 valence electrons. The molecule has 0 amide bonds. The molecule has 3 nitrogen and oxygen atoms in total. The molecule has 1 unspecified atom stereocenters. The first kappa shape index (κ1) is 20.9. The number of methoxy groups -OCH3 is 1. The summed E-state index contributed by atoms with van der Waals surface area (Å²) in [5.41, 5.74) is 0.246. The van der Waals surface area contributed by atoms with Gasteiger partial charge in [-0.05, 0) is 26.7 Å². The molecule has 0 radical (unpaired) electrons. The number of aromatic nitrogens is 2. The average molecular weight is 344 g/mol.